The number of fused-ring (bicyclic) bond motifs is 7. The molecule has 4 nitrogen and oxygen atoms in total. The van der Waals surface area contributed by atoms with E-state index in [1.807, 2.05) is 68.5 Å². The fourth-order valence-corrected chi connectivity index (χ4v) is 6.43. The molecule has 0 saturated heterocycles. The lowest BCUT2D eigenvalue weighted by atomic mass is 10.1. The first kappa shape index (κ1) is 32.3. The van der Waals surface area contributed by atoms with Crippen LogP contribution in [0.25, 0.3) is 83.3 Å². The third-order valence-corrected chi connectivity index (χ3v) is 8.72. The van der Waals surface area contributed by atoms with Gasteiger partial charge in [-0.05, 0) is 48.9 Å². The molecule has 0 N–H and O–H groups in total. The van der Waals surface area contributed by atoms with Crippen LogP contribution >= 0.6 is 0 Å². The van der Waals surface area contributed by atoms with Crippen LogP contribution in [0.5, 0.6) is 0 Å². The van der Waals surface area contributed by atoms with Gasteiger partial charge >= 0.3 is 0 Å². The Labute approximate surface area is 293 Å². The monoisotopic (exact) mass is 649 g/mol. The van der Waals surface area contributed by atoms with Crippen molar-refractivity contribution >= 4 is 43.7 Å². The van der Waals surface area contributed by atoms with Crippen molar-refractivity contribution in [3.63, 3.8) is 0 Å². The molecule has 6 aromatic carbocycles. The zero-order chi connectivity index (χ0) is 34.5. The summed E-state index contributed by atoms with van der Waals surface area (Å²) in [6.45, 7) is 9.54. The summed E-state index contributed by atoms with van der Waals surface area (Å²) in [7, 11) is 0. The second kappa shape index (κ2) is 14.5. The van der Waals surface area contributed by atoms with Crippen LogP contribution in [0.3, 0.4) is 0 Å². The minimum absolute atomic E-state index is 0.677. The summed E-state index contributed by atoms with van der Waals surface area (Å²) in [6.07, 6.45) is 2.96. The molecule has 0 fully saturated rings. The summed E-state index contributed by atoms with van der Waals surface area (Å²) >= 11 is 0. The van der Waals surface area contributed by atoms with E-state index in [0.29, 0.717) is 5.82 Å². The smallest absolute Gasteiger partial charge is 0.162 e. The van der Waals surface area contributed by atoms with Crippen molar-refractivity contribution in [1.82, 2.24) is 14.5 Å². The first-order chi connectivity index (χ1) is 24.7. The lowest BCUT2D eigenvalue weighted by Crippen LogP contribution is -2.01. The van der Waals surface area contributed by atoms with E-state index in [4.69, 9.17) is 14.4 Å². The van der Waals surface area contributed by atoms with Crippen LogP contribution < -0.4 is 0 Å². The van der Waals surface area contributed by atoms with Gasteiger partial charge in [0.2, 0.25) is 0 Å². The Balaban J connectivity index is 0.000000613. The van der Waals surface area contributed by atoms with Crippen LogP contribution in [0.4, 0.5) is 0 Å². The maximum atomic E-state index is 6.53. The summed E-state index contributed by atoms with van der Waals surface area (Å²) in [5, 5.41) is 4.50. The maximum absolute atomic E-state index is 6.53. The Kier molecular flexibility index (Phi) is 9.35. The molecular weight excluding hydrogens is 611 g/mol. The van der Waals surface area contributed by atoms with Gasteiger partial charge in [0.05, 0.1) is 33.5 Å². The minimum atomic E-state index is 0.677. The molecule has 50 heavy (non-hydrogen) atoms. The number of nitrogens with zero attached hydrogens (tertiary/aromatic N) is 3. The second-order valence-corrected chi connectivity index (χ2v) is 11.7. The lowest BCUT2D eigenvalue weighted by molar-refractivity contribution is 0.673. The third-order valence-electron chi connectivity index (χ3n) is 8.72. The van der Waals surface area contributed by atoms with Gasteiger partial charge in [0, 0.05) is 32.8 Å². The van der Waals surface area contributed by atoms with Crippen molar-refractivity contribution in [3.8, 4) is 39.6 Å². The van der Waals surface area contributed by atoms with Crippen molar-refractivity contribution in [2.45, 2.75) is 27.2 Å². The van der Waals surface area contributed by atoms with Crippen molar-refractivity contribution in [1.29, 1.82) is 0 Å². The molecule has 244 valence electrons. The Morgan fingerprint density at radius 1 is 0.600 bits per heavy atom. The normalized spacial score (nSPS) is 10.9. The molecule has 4 heteroatoms. The molecule has 3 heterocycles. The average Bonchev–Trinajstić information content (AvgIpc) is 3.75. The summed E-state index contributed by atoms with van der Waals surface area (Å²) in [5.74, 6) is 0.677. The Bertz CT molecular complexity index is 2500. The third kappa shape index (κ3) is 5.86. The van der Waals surface area contributed by atoms with E-state index >= 15 is 0 Å². The van der Waals surface area contributed by atoms with Crippen LogP contribution in [0.2, 0.25) is 0 Å². The molecule has 0 aliphatic rings. The zero-order valence-corrected chi connectivity index (χ0v) is 28.7. The molecule has 0 aliphatic heterocycles. The number of rotatable bonds is 5. The highest BCUT2D eigenvalue weighted by Gasteiger charge is 2.21. The summed E-state index contributed by atoms with van der Waals surface area (Å²) in [5.41, 5.74) is 9.82. The van der Waals surface area contributed by atoms with Crippen molar-refractivity contribution in [2.75, 3.05) is 0 Å². The second-order valence-electron chi connectivity index (χ2n) is 11.7. The van der Waals surface area contributed by atoms with Crippen LogP contribution in [0.15, 0.2) is 169 Å². The van der Waals surface area contributed by atoms with Gasteiger partial charge in [-0.25, -0.2) is 9.97 Å². The van der Waals surface area contributed by atoms with Crippen LogP contribution in [-0.2, 0) is 0 Å². The van der Waals surface area contributed by atoms with Gasteiger partial charge in [0.25, 0.3) is 0 Å². The van der Waals surface area contributed by atoms with E-state index in [2.05, 4.69) is 121 Å². The van der Waals surface area contributed by atoms with Crippen molar-refractivity contribution in [3.05, 3.63) is 164 Å². The van der Waals surface area contributed by atoms with Gasteiger partial charge < -0.3 is 8.98 Å². The zero-order valence-electron chi connectivity index (χ0n) is 28.7. The number of aromatic nitrogens is 3. The molecule has 0 spiro atoms. The number of para-hydroxylation sites is 3. The number of hydrogen-bond acceptors (Lipinski definition) is 3. The van der Waals surface area contributed by atoms with Crippen molar-refractivity contribution in [2.24, 2.45) is 0 Å². The molecule has 0 atom stereocenters. The number of benzene rings is 6. The maximum Gasteiger partial charge on any atom is 0.162 e. The van der Waals surface area contributed by atoms with E-state index < -0.39 is 0 Å². The molecule has 0 saturated carbocycles. The topological polar surface area (TPSA) is 43.9 Å². The summed E-state index contributed by atoms with van der Waals surface area (Å²) in [6, 6.07) is 52.3. The van der Waals surface area contributed by atoms with Crippen molar-refractivity contribution < 1.29 is 4.42 Å². The average molecular weight is 650 g/mol. The number of furan rings is 1. The fraction of sp³-hybridized carbons (Fsp3) is 0.0870. The molecule has 9 rings (SSSR count). The van der Waals surface area contributed by atoms with Gasteiger partial charge in [-0.1, -0.05) is 136 Å². The van der Waals surface area contributed by atoms with Gasteiger partial charge in [-0.3, -0.25) is 0 Å². The van der Waals surface area contributed by atoms with Crippen LogP contribution in [-0.4, -0.2) is 14.5 Å². The van der Waals surface area contributed by atoms with Gasteiger partial charge in [-0.15, -0.1) is 6.58 Å². The number of hydrogen-bond donors (Lipinski definition) is 0. The summed E-state index contributed by atoms with van der Waals surface area (Å²) < 4.78 is 8.86. The molecule has 0 bridgehead atoms. The predicted octanol–water partition coefficient (Wildman–Crippen LogP) is 13.1. The first-order valence-corrected chi connectivity index (χ1v) is 17.3. The molecular formula is C46H39N3O. The number of allylic oxidation sites excluding steroid dienone is 1. The Hall–Kier alpha value is -6.26. The molecule has 0 radical (unpaired) electrons. The fourth-order valence-electron chi connectivity index (χ4n) is 6.43. The van der Waals surface area contributed by atoms with E-state index in [1.165, 1.54) is 0 Å². The largest absolute Gasteiger partial charge is 0.455 e. The molecule has 0 amide bonds. The van der Waals surface area contributed by atoms with Crippen LogP contribution in [0, 0.1) is 0 Å². The lowest BCUT2D eigenvalue weighted by Gasteiger charge is -2.15. The van der Waals surface area contributed by atoms with E-state index in [0.717, 1.165) is 83.9 Å². The van der Waals surface area contributed by atoms with E-state index in [9.17, 15) is 0 Å². The molecule has 0 unspecified atom stereocenters. The van der Waals surface area contributed by atoms with E-state index in [-0.39, 0.29) is 0 Å². The molecule has 9 aromatic rings. The highest BCUT2D eigenvalue weighted by Crippen LogP contribution is 2.42. The quantitative estimate of drug-likeness (QED) is 0.174. The first-order valence-electron chi connectivity index (χ1n) is 17.3. The molecule has 3 aromatic heterocycles. The highest BCUT2D eigenvalue weighted by atomic mass is 16.3. The van der Waals surface area contributed by atoms with Gasteiger partial charge in [0.1, 0.15) is 11.2 Å². The van der Waals surface area contributed by atoms with Crippen LogP contribution in [0.1, 0.15) is 27.2 Å². The van der Waals surface area contributed by atoms with E-state index in [1.54, 1.807) is 0 Å². The standard InChI is InChI=1S/C40H25N3O.C4H8.C2H6/c1-3-13-26(14-4-1)32-25-33(27-15-5-2-6-16-27)42-40(41-32)31-19-8-11-21-35(31)43-34-20-10-7-18-30(34)38-36(43)24-23-29-28-17-9-12-22-37(28)44-39(29)38;1-3-4-2;1-2/h1-25H;3H,1,4H2,2H3;1-2H3. The SMILES string of the molecule is C=CCC.CC.c1ccc(-c2cc(-c3ccccc3)nc(-c3ccccc3-n3c4ccccc4c4c5oc6ccccc6c5ccc43)n2)cc1. The molecule has 0 aliphatic carbocycles. The highest BCUT2D eigenvalue weighted by molar-refractivity contribution is 6.24. The van der Waals surface area contributed by atoms with Gasteiger partial charge in [-0.2, -0.15) is 0 Å². The Morgan fingerprint density at radius 3 is 1.82 bits per heavy atom. The Morgan fingerprint density at radius 2 is 1.16 bits per heavy atom. The predicted molar refractivity (Wildman–Crippen MR) is 212 cm³/mol. The van der Waals surface area contributed by atoms with Gasteiger partial charge in [0.15, 0.2) is 5.82 Å². The summed E-state index contributed by atoms with van der Waals surface area (Å²) in [4.78, 5) is 10.3. The minimum Gasteiger partial charge on any atom is -0.455 e.